The normalized spacial score (nSPS) is 20.3. The lowest BCUT2D eigenvalue weighted by Gasteiger charge is -2.41. The van der Waals surface area contributed by atoms with Gasteiger partial charge in [-0.1, -0.05) is 35.9 Å². The highest BCUT2D eigenvalue weighted by molar-refractivity contribution is 7.89. The van der Waals surface area contributed by atoms with Crippen molar-refractivity contribution >= 4 is 26.0 Å². The molecule has 4 N–H and O–H groups in total. The first-order valence-corrected chi connectivity index (χ1v) is 17.4. The molecule has 2 bridgehead atoms. The van der Waals surface area contributed by atoms with Gasteiger partial charge in [-0.2, -0.15) is 8.42 Å². The Bertz CT molecular complexity index is 1690. The Morgan fingerprint density at radius 1 is 0.911 bits per heavy atom. The van der Waals surface area contributed by atoms with Crippen molar-refractivity contribution in [2.45, 2.75) is 73.4 Å². The summed E-state index contributed by atoms with van der Waals surface area (Å²) in [7, 11) is -7.69. The summed E-state index contributed by atoms with van der Waals surface area (Å²) < 4.78 is 97.5. The summed E-state index contributed by atoms with van der Waals surface area (Å²) in [5.74, 6) is -3.24. The third-order valence-corrected chi connectivity index (χ3v) is 10.6. The van der Waals surface area contributed by atoms with Gasteiger partial charge in [-0.25, -0.2) is 26.3 Å². The quantitative estimate of drug-likeness (QED) is 0.227. The lowest BCUT2D eigenvalue weighted by molar-refractivity contribution is -0.136. The molecule has 2 aliphatic rings. The van der Waals surface area contributed by atoms with Crippen LogP contribution in [0.15, 0.2) is 76.5 Å². The van der Waals surface area contributed by atoms with Crippen molar-refractivity contribution in [2.75, 3.05) is 6.54 Å². The van der Waals surface area contributed by atoms with Crippen LogP contribution in [-0.2, 0) is 31.4 Å². The number of piperidine rings is 1. The number of sulfonamides is 1. The van der Waals surface area contributed by atoms with Gasteiger partial charge in [-0.15, -0.1) is 0 Å². The third kappa shape index (κ3) is 8.91. The summed E-state index contributed by atoms with van der Waals surface area (Å²) in [4.78, 5) is 14.8. The summed E-state index contributed by atoms with van der Waals surface area (Å²) in [6.45, 7) is 1.85. The molecular formula is C31H36F3N3O6S2. The van der Waals surface area contributed by atoms with Crippen LogP contribution in [0.3, 0.4) is 0 Å². The van der Waals surface area contributed by atoms with Gasteiger partial charge in [0.25, 0.3) is 10.1 Å². The van der Waals surface area contributed by atoms with Crippen LogP contribution in [-0.4, -0.2) is 56.9 Å². The molecule has 0 saturated carbocycles. The first-order valence-electron chi connectivity index (χ1n) is 14.4. The Hall–Kier alpha value is -3.30. The fraction of sp³-hybridized carbons (Fsp3) is 0.387. The van der Waals surface area contributed by atoms with Gasteiger partial charge in [0.05, 0.1) is 9.79 Å². The molecule has 0 radical (unpaired) electrons. The maximum atomic E-state index is 14.0. The highest BCUT2D eigenvalue weighted by Gasteiger charge is 2.44. The molecule has 3 aromatic carbocycles. The number of halogens is 3. The molecule has 2 heterocycles. The molecular weight excluding hydrogens is 631 g/mol. The van der Waals surface area contributed by atoms with Gasteiger partial charge in [0.15, 0.2) is 11.6 Å². The van der Waals surface area contributed by atoms with E-state index in [9.17, 15) is 34.8 Å². The smallest absolute Gasteiger partial charge is 0.294 e. The molecule has 45 heavy (non-hydrogen) atoms. The zero-order valence-electron chi connectivity index (χ0n) is 24.6. The second-order valence-electron chi connectivity index (χ2n) is 11.4. The second-order valence-corrected chi connectivity index (χ2v) is 14.6. The first-order chi connectivity index (χ1) is 21.2. The molecule has 1 unspecified atom stereocenters. The van der Waals surface area contributed by atoms with Gasteiger partial charge in [0.1, 0.15) is 5.82 Å². The van der Waals surface area contributed by atoms with Crippen molar-refractivity contribution in [1.29, 1.82) is 0 Å². The van der Waals surface area contributed by atoms with E-state index in [0.29, 0.717) is 18.9 Å². The van der Waals surface area contributed by atoms with Crippen molar-refractivity contribution in [2.24, 2.45) is 11.7 Å². The van der Waals surface area contributed by atoms with Crippen LogP contribution in [0.2, 0.25) is 0 Å². The number of nitrogens with zero attached hydrogens (tertiary/aromatic N) is 1. The Labute approximate surface area is 261 Å². The van der Waals surface area contributed by atoms with Gasteiger partial charge < -0.3 is 10.6 Å². The molecule has 9 nitrogen and oxygen atoms in total. The van der Waals surface area contributed by atoms with Crippen molar-refractivity contribution in [3.05, 3.63) is 95.3 Å². The Kier molecular flexibility index (Phi) is 11.1. The largest absolute Gasteiger partial charge is 0.337 e. The summed E-state index contributed by atoms with van der Waals surface area (Å²) in [5.41, 5.74) is 7.33. The minimum absolute atomic E-state index is 0.00432. The van der Waals surface area contributed by atoms with E-state index in [0.717, 1.165) is 24.5 Å². The lowest BCUT2D eigenvalue weighted by atomic mass is 9.82. The fourth-order valence-corrected chi connectivity index (χ4v) is 7.46. The molecule has 3 aromatic rings. The van der Waals surface area contributed by atoms with Crippen LogP contribution in [0.1, 0.15) is 43.2 Å². The highest BCUT2D eigenvalue weighted by Crippen LogP contribution is 2.40. The average molecular weight is 668 g/mol. The number of carbonyl (C=O) groups excluding carboxylic acids is 1. The fourth-order valence-electron chi connectivity index (χ4n) is 5.93. The van der Waals surface area contributed by atoms with Crippen molar-refractivity contribution in [1.82, 2.24) is 9.62 Å². The van der Waals surface area contributed by atoms with Crippen LogP contribution in [0.25, 0.3) is 0 Å². The summed E-state index contributed by atoms with van der Waals surface area (Å²) >= 11 is 0. The van der Waals surface area contributed by atoms with Gasteiger partial charge in [-0.3, -0.25) is 9.35 Å². The SMILES string of the molecule is Cc1ccc(S(=O)(=O)O)cc1.N[C@H](Cc1cc(F)c(F)cc1F)C1C[C@H]2CC[C@@H](C1)N2C(=O)CCNS(=O)(=O)c1ccccc1. The predicted molar refractivity (Wildman–Crippen MR) is 162 cm³/mol. The molecule has 0 aromatic heterocycles. The minimum atomic E-state index is -4.02. The van der Waals surface area contributed by atoms with Crippen LogP contribution >= 0.6 is 0 Å². The summed E-state index contributed by atoms with van der Waals surface area (Å²) in [6, 6.07) is 14.9. The Morgan fingerprint density at radius 2 is 1.49 bits per heavy atom. The van der Waals surface area contributed by atoms with Crippen LogP contribution in [0, 0.1) is 30.3 Å². The van der Waals surface area contributed by atoms with Crippen molar-refractivity contribution in [3.8, 4) is 0 Å². The lowest BCUT2D eigenvalue weighted by Crippen LogP contribution is -2.50. The zero-order chi connectivity index (χ0) is 32.9. The van der Waals surface area contributed by atoms with Gasteiger partial charge in [0, 0.05) is 37.2 Å². The topological polar surface area (TPSA) is 147 Å². The van der Waals surface area contributed by atoms with E-state index in [4.69, 9.17) is 10.3 Å². The number of hydrogen-bond acceptors (Lipinski definition) is 6. The second kappa shape index (κ2) is 14.4. The Morgan fingerprint density at radius 3 is 2.07 bits per heavy atom. The number of carbonyl (C=O) groups is 1. The van der Waals surface area contributed by atoms with E-state index >= 15 is 0 Å². The maximum absolute atomic E-state index is 14.0. The van der Waals surface area contributed by atoms with Crippen molar-refractivity contribution < 1.29 is 39.4 Å². The van der Waals surface area contributed by atoms with Gasteiger partial charge in [-0.05, 0) is 80.8 Å². The van der Waals surface area contributed by atoms with E-state index in [2.05, 4.69) is 4.72 Å². The molecule has 2 fully saturated rings. The van der Waals surface area contributed by atoms with Crippen LogP contribution in [0.5, 0.6) is 0 Å². The minimum Gasteiger partial charge on any atom is -0.337 e. The molecule has 4 atom stereocenters. The number of amides is 1. The van der Waals surface area contributed by atoms with Crippen LogP contribution in [0.4, 0.5) is 13.2 Å². The number of fused-ring (bicyclic) bond motifs is 2. The monoisotopic (exact) mass is 667 g/mol. The van der Waals surface area contributed by atoms with E-state index in [1.165, 1.54) is 24.3 Å². The summed E-state index contributed by atoms with van der Waals surface area (Å²) in [5, 5.41) is 0. The molecule has 2 saturated heterocycles. The standard InChI is InChI=1S/C24H28F3N3O3S.C7H8O3S/c25-20-14-22(27)21(26)12-15(20)13-23(28)16-10-17-6-7-18(11-16)30(17)24(31)8-9-29-34(32,33)19-4-2-1-3-5-19;1-6-2-4-7(5-3-6)11(8,9)10/h1-5,12,14,16-18,23,29H,6-11,13,28H2;2-5H,1H3,(H,8,9,10)/t16?,17-,18+,23-;/m1./s1. The van der Waals surface area contributed by atoms with E-state index in [1.807, 2.05) is 11.8 Å². The number of nitrogens with two attached hydrogens (primary N) is 1. The third-order valence-electron chi connectivity index (χ3n) is 8.21. The molecule has 1 amide bonds. The summed E-state index contributed by atoms with van der Waals surface area (Å²) in [6.07, 6.45) is 3.08. The molecule has 5 rings (SSSR count). The predicted octanol–water partition coefficient (Wildman–Crippen LogP) is 4.35. The van der Waals surface area contributed by atoms with E-state index < -0.39 is 43.6 Å². The number of aryl methyl sites for hydroxylation is 1. The number of nitrogens with one attached hydrogen (secondary N) is 1. The van der Waals surface area contributed by atoms with Crippen LogP contribution < -0.4 is 10.5 Å². The number of hydrogen-bond donors (Lipinski definition) is 3. The van der Waals surface area contributed by atoms with Crippen molar-refractivity contribution in [3.63, 3.8) is 0 Å². The molecule has 244 valence electrons. The van der Waals surface area contributed by atoms with E-state index in [1.54, 1.807) is 30.3 Å². The molecule has 0 aliphatic carbocycles. The molecule has 2 aliphatic heterocycles. The number of benzene rings is 3. The van der Waals surface area contributed by atoms with Gasteiger partial charge >= 0.3 is 0 Å². The maximum Gasteiger partial charge on any atom is 0.294 e. The Balaban J connectivity index is 0.000000354. The average Bonchev–Trinajstić information content (AvgIpc) is 3.25. The highest BCUT2D eigenvalue weighted by atomic mass is 32.2. The molecule has 14 heteroatoms. The molecule has 0 spiro atoms. The first kappa shape index (κ1) is 34.6. The van der Waals surface area contributed by atoms with E-state index in [-0.39, 0.29) is 58.6 Å². The zero-order valence-corrected chi connectivity index (χ0v) is 26.2. The van der Waals surface area contributed by atoms with Gasteiger partial charge in [0.2, 0.25) is 15.9 Å². The number of rotatable bonds is 9.